The third-order valence-electron chi connectivity index (χ3n) is 2.03. The Balaban J connectivity index is 2.71. The van der Waals surface area contributed by atoms with E-state index in [1.165, 1.54) is 0 Å². The quantitative estimate of drug-likeness (QED) is 0.853. The van der Waals surface area contributed by atoms with Crippen LogP contribution in [0.2, 0.25) is 0 Å². The molecule has 0 radical (unpaired) electrons. The number of methoxy groups -OCH3 is 1. The van der Waals surface area contributed by atoms with Crippen LogP contribution in [-0.2, 0) is 11.2 Å². The molecule has 88 valence electrons. The molecule has 0 aromatic heterocycles. The highest BCUT2D eigenvalue weighted by Crippen LogP contribution is 2.23. The minimum absolute atomic E-state index is 0.0542. The van der Waals surface area contributed by atoms with Crippen LogP contribution in [-0.4, -0.2) is 31.3 Å². The lowest BCUT2D eigenvalue weighted by atomic mass is 10.1. The van der Waals surface area contributed by atoms with E-state index in [2.05, 4.69) is 21.2 Å². The van der Waals surface area contributed by atoms with Crippen molar-refractivity contribution in [2.45, 2.75) is 6.42 Å². The summed E-state index contributed by atoms with van der Waals surface area (Å²) in [5, 5.41) is 11.2. The Morgan fingerprint density at radius 2 is 2.31 bits per heavy atom. The fourth-order valence-corrected chi connectivity index (χ4v) is 1.72. The van der Waals surface area contributed by atoms with Crippen molar-refractivity contribution in [1.82, 2.24) is 5.32 Å². The van der Waals surface area contributed by atoms with E-state index in [1.54, 1.807) is 13.2 Å². The molecule has 1 amide bonds. The van der Waals surface area contributed by atoms with E-state index >= 15 is 0 Å². The predicted molar refractivity (Wildman–Crippen MR) is 64.5 cm³/mol. The van der Waals surface area contributed by atoms with Gasteiger partial charge in [-0.1, -0.05) is 15.9 Å². The number of aliphatic hydroxyl groups excluding tert-OH is 1. The Bertz CT molecular complexity index is 368. The number of amides is 1. The molecule has 0 saturated heterocycles. The van der Waals surface area contributed by atoms with Gasteiger partial charge in [-0.3, -0.25) is 4.79 Å². The van der Waals surface area contributed by atoms with Gasteiger partial charge >= 0.3 is 0 Å². The second kappa shape index (κ2) is 6.50. The number of benzene rings is 1. The van der Waals surface area contributed by atoms with Gasteiger partial charge in [0, 0.05) is 16.6 Å². The van der Waals surface area contributed by atoms with Gasteiger partial charge in [-0.05, 0) is 18.2 Å². The summed E-state index contributed by atoms with van der Waals surface area (Å²) >= 11 is 3.34. The first kappa shape index (κ1) is 13.0. The van der Waals surface area contributed by atoms with Crippen molar-refractivity contribution in [1.29, 1.82) is 0 Å². The lowest BCUT2D eigenvalue weighted by molar-refractivity contribution is -0.120. The highest BCUT2D eigenvalue weighted by molar-refractivity contribution is 9.10. The standard InChI is InChI=1S/C11H14BrNO3/c1-16-10-3-2-9(12)6-8(10)7-11(15)13-4-5-14/h2-3,6,14H,4-5,7H2,1H3,(H,13,15). The number of hydrogen-bond donors (Lipinski definition) is 2. The van der Waals surface area contributed by atoms with E-state index in [0.29, 0.717) is 5.75 Å². The Morgan fingerprint density at radius 3 is 2.94 bits per heavy atom. The van der Waals surface area contributed by atoms with Crippen molar-refractivity contribution in [3.8, 4) is 5.75 Å². The molecule has 0 saturated carbocycles. The maximum Gasteiger partial charge on any atom is 0.224 e. The summed E-state index contributed by atoms with van der Waals surface area (Å²) in [6, 6.07) is 5.50. The van der Waals surface area contributed by atoms with Crippen LogP contribution in [0.3, 0.4) is 0 Å². The van der Waals surface area contributed by atoms with E-state index in [1.807, 2.05) is 12.1 Å². The Labute approximate surface area is 103 Å². The van der Waals surface area contributed by atoms with Crippen molar-refractivity contribution in [3.63, 3.8) is 0 Å². The van der Waals surface area contributed by atoms with Crippen LogP contribution in [0.4, 0.5) is 0 Å². The average Bonchev–Trinajstić information content (AvgIpc) is 2.27. The zero-order chi connectivity index (χ0) is 12.0. The van der Waals surface area contributed by atoms with Crippen LogP contribution < -0.4 is 10.1 Å². The van der Waals surface area contributed by atoms with E-state index in [0.717, 1.165) is 10.0 Å². The van der Waals surface area contributed by atoms with Gasteiger partial charge in [-0.2, -0.15) is 0 Å². The molecule has 0 aliphatic rings. The maximum atomic E-state index is 11.5. The molecule has 0 aliphatic heterocycles. The molecule has 0 heterocycles. The largest absolute Gasteiger partial charge is 0.496 e. The average molecular weight is 288 g/mol. The molecule has 1 rings (SSSR count). The molecule has 1 aromatic carbocycles. The SMILES string of the molecule is COc1ccc(Br)cc1CC(=O)NCCO. The summed E-state index contributed by atoms with van der Waals surface area (Å²) in [5.41, 5.74) is 0.812. The van der Waals surface area contributed by atoms with E-state index < -0.39 is 0 Å². The van der Waals surface area contributed by atoms with Gasteiger partial charge in [0.25, 0.3) is 0 Å². The Hall–Kier alpha value is -1.07. The smallest absolute Gasteiger partial charge is 0.224 e. The molecule has 16 heavy (non-hydrogen) atoms. The molecular weight excluding hydrogens is 274 g/mol. The second-order valence-corrected chi connectivity index (χ2v) is 4.12. The molecule has 2 N–H and O–H groups in total. The van der Waals surface area contributed by atoms with Crippen molar-refractivity contribution in [3.05, 3.63) is 28.2 Å². The van der Waals surface area contributed by atoms with Crippen molar-refractivity contribution in [2.24, 2.45) is 0 Å². The van der Waals surface area contributed by atoms with Crippen molar-refractivity contribution < 1.29 is 14.6 Å². The number of halogens is 1. The van der Waals surface area contributed by atoms with Crippen LogP contribution in [0, 0.1) is 0 Å². The van der Waals surface area contributed by atoms with Crippen molar-refractivity contribution in [2.75, 3.05) is 20.3 Å². The van der Waals surface area contributed by atoms with E-state index in [4.69, 9.17) is 9.84 Å². The minimum atomic E-state index is -0.134. The monoisotopic (exact) mass is 287 g/mol. The normalized spacial score (nSPS) is 9.94. The van der Waals surface area contributed by atoms with Gasteiger partial charge in [0.1, 0.15) is 5.75 Å². The molecule has 1 aromatic rings. The van der Waals surface area contributed by atoms with Crippen LogP contribution in [0.1, 0.15) is 5.56 Å². The molecule has 0 aliphatic carbocycles. The fourth-order valence-electron chi connectivity index (χ4n) is 1.32. The van der Waals surface area contributed by atoms with Gasteiger partial charge < -0.3 is 15.2 Å². The van der Waals surface area contributed by atoms with Gasteiger partial charge in [0.05, 0.1) is 20.1 Å². The number of aliphatic hydroxyl groups is 1. The van der Waals surface area contributed by atoms with Gasteiger partial charge in [-0.25, -0.2) is 0 Å². The molecule has 0 spiro atoms. The summed E-state index contributed by atoms with van der Waals surface area (Å²) in [6.07, 6.45) is 0.239. The molecule has 0 bridgehead atoms. The van der Waals surface area contributed by atoms with Crippen LogP contribution in [0.5, 0.6) is 5.75 Å². The Kier molecular flexibility index (Phi) is 5.28. The molecule has 5 heteroatoms. The predicted octanol–water partition coefficient (Wildman–Crippen LogP) is 1.11. The molecule has 0 unspecified atom stereocenters. The third kappa shape index (κ3) is 3.83. The minimum Gasteiger partial charge on any atom is -0.496 e. The van der Waals surface area contributed by atoms with E-state index in [-0.39, 0.29) is 25.5 Å². The van der Waals surface area contributed by atoms with Crippen molar-refractivity contribution >= 4 is 21.8 Å². The van der Waals surface area contributed by atoms with Gasteiger partial charge in [0.15, 0.2) is 0 Å². The molecule has 0 atom stereocenters. The number of hydrogen-bond acceptors (Lipinski definition) is 3. The van der Waals surface area contributed by atoms with Crippen LogP contribution in [0.25, 0.3) is 0 Å². The highest BCUT2D eigenvalue weighted by atomic mass is 79.9. The fraction of sp³-hybridized carbons (Fsp3) is 0.364. The highest BCUT2D eigenvalue weighted by Gasteiger charge is 2.08. The topological polar surface area (TPSA) is 58.6 Å². The number of carbonyl (C=O) groups excluding carboxylic acids is 1. The number of rotatable bonds is 5. The second-order valence-electron chi connectivity index (χ2n) is 3.21. The number of carbonyl (C=O) groups is 1. The number of ether oxygens (including phenoxy) is 1. The first-order valence-electron chi connectivity index (χ1n) is 4.87. The molecule has 0 fully saturated rings. The summed E-state index contributed by atoms with van der Waals surface area (Å²) in [5.74, 6) is 0.549. The van der Waals surface area contributed by atoms with Crippen LogP contribution >= 0.6 is 15.9 Å². The Morgan fingerprint density at radius 1 is 1.56 bits per heavy atom. The van der Waals surface area contributed by atoms with Gasteiger partial charge in [0.2, 0.25) is 5.91 Å². The van der Waals surface area contributed by atoms with Gasteiger partial charge in [-0.15, -0.1) is 0 Å². The zero-order valence-electron chi connectivity index (χ0n) is 9.00. The first-order chi connectivity index (χ1) is 7.67. The maximum absolute atomic E-state index is 11.5. The summed E-state index contributed by atoms with van der Waals surface area (Å²) in [7, 11) is 1.57. The number of nitrogens with one attached hydrogen (secondary N) is 1. The molecule has 4 nitrogen and oxygen atoms in total. The summed E-state index contributed by atoms with van der Waals surface area (Å²) in [6.45, 7) is 0.219. The van der Waals surface area contributed by atoms with Crippen LogP contribution in [0.15, 0.2) is 22.7 Å². The third-order valence-corrected chi connectivity index (χ3v) is 2.52. The van der Waals surface area contributed by atoms with E-state index in [9.17, 15) is 4.79 Å². The first-order valence-corrected chi connectivity index (χ1v) is 5.66. The lowest BCUT2D eigenvalue weighted by Gasteiger charge is -2.09. The zero-order valence-corrected chi connectivity index (χ0v) is 10.6. The summed E-state index contributed by atoms with van der Waals surface area (Å²) in [4.78, 5) is 11.5. The summed E-state index contributed by atoms with van der Waals surface area (Å²) < 4.78 is 6.06. The lowest BCUT2D eigenvalue weighted by Crippen LogP contribution is -2.27. The molecular formula is C11H14BrNO3.